The average Bonchev–Trinajstić information content (AvgIpc) is 3.20. The Labute approximate surface area is 351 Å². The van der Waals surface area contributed by atoms with E-state index >= 15 is 0 Å². The highest BCUT2D eigenvalue weighted by Gasteiger charge is 2.37. The predicted octanol–water partition coefficient (Wildman–Crippen LogP) is 14.8. The van der Waals surface area contributed by atoms with Gasteiger partial charge in [0.15, 0.2) is 0 Å². The lowest BCUT2D eigenvalue weighted by molar-refractivity contribution is 0.123. The van der Waals surface area contributed by atoms with Gasteiger partial charge in [0.05, 0.1) is 0 Å². The Balaban J connectivity index is -0.000000811. The molecule has 6 nitrogen and oxygen atoms in total. The summed E-state index contributed by atoms with van der Waals surface area (Å²) in [5.41, 5.74) is 1.49. The van der Waals surface area contributed by atoms with E-state index in [2.05, 4.69) is 58.7 Å². The molecule has 0 aliphatic carbocycles. The van der Waals surface area contributed by atoms with Crippen molar-refractivity contribution < 1.29 is 26.6 Å². The molecule has 0 radical (unpaired) electrons. The van der Waals surface area contributed by atoms with Crippen molar-refractivity contribution in [2.24, 2.45) is 5.92 Å². The second kappa shape index (κ2) is 46.3. The molecule has 0 bridgehead atoms. The molecule has 0 amide bonds. The summed E-state index contributed by atoms with van der Waals surface area (Å²) >= 11 is 6.23. The van der Waals surface area contributed by atoms with Gasteiger partial charge < -0.3 is 26.6 Å². The van der Waals surface area contributed by atoms with Crippen LogP contribution in [0.3, 0.4) is 0 Å². The predicted molar refractivity (Wildman–Crippen MR) is 250 cm³/mol. The number of thiol groups is 1. The fourth-order valence-electron chi connectivity index (χ4n) is 6.51. The fraction of sp³-hybridized carbons (Fsp3) is 0.955. The highest BCUT2D eigenvalue weighted by atomic mass is 32.2. The number of allylic oxidation sites excluding steroid dienone is 1. The van der Waals surface area contributed by atoms with Crippen LogP contribution < -0.4 is 0 Å². The lowest BCUT2D eigenvalue weighted by Crippen LogP contribution is -2.42. The minimum atomic E-state index is -2.38. The lowest BCUT2D eigenvalue weighted by atomic mass is 9.96. The van der Waals surface area contributed by atoms with Crippen LogP contribution in [-0.2, 0) is 26.6 Å². The quantitative estimate of drug-likeness (QED) is 0.0286. The summed E-state index contributed by atoms with van der Waals surface area (Å²) < 4.78 is 32.2. The van der Waals surface area contributed by atoms with Gasteiger partial charge in [-0.05, 0) is 74.5 Å². The number of rotatable bonds is 39. The zero-order chi connectivity index (χ0) is 41.0. The first-order valence-corrected chi connectivity index (χ1v) is 28.0. The third kappa shape index (κ3) is 38.2. The maximum absolute atomic E-state index is 5.52. The van der Waals surface area contributed by atoms with Crippen molar-refractivity contribution in [1.29, 1.82) is 0 Å². The maximum Gasteiger partial charge on any atom is 0.500 e. The van der Waals surface area contributed by atoms with E-state index in [0.29, 0.717) is 0 Å². The number of unbranched alkanes of at least 4 members (excludes halogenated alkanes) is 16. The van der Waals surface area contributed by atoms with Gasteiger partial charge in [0.25, 0.3) is 0 Å². The summed E-state index contributed by atoms with van der Waals surface area (Å²) in [6, 6.07) is 1.75. The second-order valence-corrected chi connectivity index (χ2v) is 22.7. The van der Waals surface area contributed by atoms with Gasteiger partial charge in [0, 0.05) is 54.7 Å². The van der Waals surface area contributed by atoms with E-state index < -0.39 is 17.6 Å². The molecular formula is C44H96O6S2Si2. The molecule has 0 saturated carbocycles. The van der Waals surface area contributed by atoms with Crippen LogP contribution in [0.25, 0.3) is 0 Å². The average molecular weight is 842 g/mol. The normalized spacial score (nSPS) is 12.2. The van der Waals surface area contributed by atoms with Crippen LogP contribution in [-0.4, -0.2) is 77.5 Å². The highest BCUT2D eigenvalue weighted by molar-refractivity contribution is 7.99. The molecule has 1 atom stereocenters. The molecule has 0 spiro atoms. The van der Waals surface area contributed by atoms with E-state index in [-0.39, 0.29) is 0 Å². The third-order valence-corrected chi connectivity index (χ3v) is 17.6. The first-order chi connectivity index (χ1) is 26.2. The van der Waals surface area contributed by atoms with Crippen molar-refractivity contribution in [2.45, 2.75) is 207 Å². The molecule has 0 aromatic rings. The second-order valence-electron chi connectivity index (χ2n) is 14.9. The molecule has 0 N–H and O–H groups in total. The van der Waals surface area contributed by atoms with E-state index in [1.54, 1.807) is 42.7 Å². The van der Waals surface area contributed by atoms with Gasteiger partial charge >= 0.3 is 17.6 Å². The van der Waals surface area contributed by atoms with Gasteiger partial charge in [-0.15, -0.1) is 0 Å². The molecule has 0 heterocycles. The molecule has 54 heavy (non-hydrogen) atoms. The number of hydrogen-bond donors (Lipinski definition) is 1. The molecule has 0 aromatic heterocycles. The van der Waals surface area contributed by atoms with Gasteiger partial charge in [0.1, 0.15) is 0 Å². The van der Waals surface area contributed by atoms with Crippen LogP contribution >= 0.6 is 24.4 Å². The van der Waals surface area contributed by atoms with Crippen molar-refractivity contribution >= 4 is 42.0 Å². The minimum absolute atomic E-state index is 0.833. The van der Waals surface area contributed by atoms with E-state index in [1.165, 1.54) is 171 Å². The molecule has 0 fully saturated rings. The topological polar surface area (TPSA) is 55.4 Å². The van der Waals surface area contributed by atoms with E-state index in [1.807, 2.05) is 0 Å². The molecule has 0 rings (SSSR count). The van der Waals surface area contributed by atoms with Crippen LogP contribution in [0.2, 0.25) is 12.1 Å². The SMILES string of the molecule is C=C(CCCCCC)CCCCCCCC.CCCCCCCCC(CCCCCC)CSCCC[Si](OC)(OC)OC.CO[Si](CCCS)(OC)OC. The summed E-state index contributed by atoms with van der Waals surface area (Å²) in [5, 5.41) is 0. The summed E-state index contributed by atoms with van der Waals surface area (Å²) in [6.45, 7) is 13.3. The Hall–Kier alpha value is 0.634. The smallest absolute Gasteiger partial charge is 0.377 e. The van der Waals surface area contributed by atoms with Crippen LogP contribution in [0.4, 0.5) is 0 Å². The van der Waals surface area contributed by atoms with Crippen molar-refractivity contribution in [3.8, 4) is 0 Å². The number of hydrogen-bond acceptors (Lipinski definition) is 8. The van der Waals surface area contributed by atoms with E-state index in [4.69, 9.17) is 26.6 Å². The monoisotopic (exact) mass is 841 g/mol. The van der Waals surface area contributed by atoms with Gasteiger partial charge in [0.2, 0.25) is 0 Å². The molecule has 1 unspecified atom stereocenters. The van der Waals surface area contributed by atoms with E-state index in [9.17, 15) is 0 Å². The zero-order valence-electron chi connectivity index (χ0n) is 38.0. The number of thioether (sulfide) groups is 1. The van der Waals surface area contributed by atoms with Crippen molar-refractivity contribution in [3.05, 3.63) is 12.2 Å². The van der Waals surface area contributed by atoms with Crippen LogP contribution in [0.15, 0.2) is 12.2 Å². The van der Waals surface area contributed by atoms with Gasteiger partial charge in [-0.25, -0.2) is 0 Å². The maximum atomic E-state index is 5.52. The summed E-state index contributed by atoms with van der Waals surface area (Å²) in [4.78, 5) is 0. The van der Waals surface area contributed by atoms with E-state index in [0.717, 1.165) is 36.6 Å². The fourth-order valence-corrected chi connectivity index (χ4v) is 11.9. The molecule has 0 aliphatic heterocycles. The van der Waals surface area contributed by atoms with Crippen LogP contribution in [0, 0.1) is 5.92 Å². The third-order valence-electron chi connectivity index (χ3n) is 10.3. The molecule has 0 aliphatic rings. The lowest BCUT2D eigenvalue weighted by Gasteiger charge is -2.24. The van der Waals surface area contributed by atoms with Gasteiger partial charge in [-0.1, -0.05) is 155 Å². The largest absolute Gasteiger partial charge is 0.500 e. The molecule has 0 aromatic carbocycles. The highest BCUT2D eigenvalue weighted by Crippen LogP contribution is 2.25. The Morgan fingerprint density at radius 2 is 0.815 bits per heavy atom. The molecule has 328 valence electrons. The summed E-state index contributed by atoms with van der Waals surface area (Å²) in [7, 11) is 5.33. The van der Waals surface area contributed by atoms with Crippen LogP contribution in [0.5, 0.6) is 0 Å². The first kappa shape index (κ1) is 58.9. The standard InChI is InChI=1S/C22H48O3SSi.C16H32.C6H16O3SSi/c1-6-8-10-12-13-15-18-22(17-14-11-9-7-2)21-26-19-16-20-27(23-3,24-4)25-5;1-4-6-8-10-11-13-15-16(3)14-12-9-7-5-2;1-7-11(8-2,9-3)6-4-5-10/h22H,6-21H2,1-5H3;3-15H2,1-2H3;10H,4-6H2,1-3H3. The van der Waals surface area contributed by atoms with Crippen LogP contribution in [0.1, 0.15) is 195 Å². The van der Waals surface area contributed by atoms with Crippen molar-refractivity contribution in [2.75, 3.05) is 59.9 Å². The molecule has 10 heteroatoms. The molecular weight excluding hydrogens is 745 g/mol. The zero-order valence-corrected chi connectivity index (χ0v) is 41.7. The Morgan fingerprint density at radius 3 is 1.20 bits per heavy atom. The summed E-state index contributed by atoms with van der Waals surface area (Å²) in [5.74, 6) is 4.26. The summed E-state index contributed by atoms with van der Waals surface area (Å²) in [6.07, 6.45) is 35.4. The Morgan fingerprint density at radius 1 is 0.481 bits per heavy atom. The van der Waals surface area contributed by atoms with Gasteiger partial charge in [-0.3, -0.25) is 0 Å². The molecule has 0 saturated heterocycles. The van der Waals surface area contributed by atoms with Crippen molar-refractivity contribution in [1.82, 2.24) is 0 Å². The van der Waals surface area contributed by atoms with Gasteiger partial charge in [-0.2, -0.15) is 24.4 Å². The Bertz CT molecular complexity index is 713. The Kier molecular flexibility index (Phi) is 50.6. The van der Waals surface area contributed by atoms with Crippen molar-refractivity contribution in [3.63, 3.8) is 0 Å². The first-order valence-electron chi connectivity index (χ1n) is 22.4. The minimum Gasteiger partial charge on any atom is -0.377 e.